The zero-order valence-corrected chi connectivity index (χ0v) is 15.4. The van der Waals surface area contributed by atoms with E-state index in [2.05, 4.69) is 29.1 Å². The van der Waals surface area contributed by atoms with E-state index >= 15 is 0 Å². The number of nitrogens with zero attached hydrogens (tertiary/aromatic N) is 4. The standard InChI is InChI=1S/C16H25N5OS/c1-10(2)15-19-11(3)14(23-15)12(4)21(6)16(22)18-9-13-17-7-8-20(13)5/h7-8,10,12H,9H2,1-6H3,(H,18,22)/t12-/m1/s1. The van der Waals surface area contributed by atoms with Crippen LogP contribution in [0.4, 0.5) is 4.79 Å². The number of amides is 2. The number of nitrogens with one attached hydrogen (secondary N) is 1. The smallest absolute Gasteiger partial charge is 0.318 e. The third-order valence-corrected chi connectivity index (χ3v) is 5.57. The molecule has 23 heavy (non-hydrogen) atoms. The molecular weight excluding hydrogens is 310 g/mol. The minimum atomic E-state index is -0.112. The Morgan fingerprint density at radius 1 is 1.43 bits per heavy atom. The van der Waals surface area contributed by atoms with Gasteiger partial charge in [-0.2, -0.15) is 0 Å². The fourth-order valence-electron chi connectivity index (χ4n) is 2.26. The van der Waals surface area contributed by atoms with Crippen LogP contribution in [-0.4, -0.2) is 32.5 Å². The van der Waals surface area contributed by atoms with Crippen molar-refractivity contribution in [3.63, 3.8) is 0 Å². The topological polar surface area (TPSA) is 63.1 Å². The number of aromatic nitrogens is 3. The van der Waals surface area contributed by atoms with Gasteiger partial charge in [0.05, 0.1) is 23.3 Å². The third-order valence-electron chi connectivity index (χ3n) is 3.94. The number of carbonyl (C=O) groups is 1. The SMILES string of the molecule is Cc1nc(C(C)C)sc1[C@@H](C)N(C)C(=O)NCc1nccn1C. The van der Waals surface area contributed by atoms with E-state index in [9.17, 15) is 4.79 Å². The highest BCUT2D eigenvalue weighted by Crippen LogP contribution is 2.31. The van der Waals surface area contributed by atoms with E-state index in [1.54, 1.807) is 22.4 Å². The lowest BCUT2D eigenvalue weighted by atomic mass is 10.2. The molecule has 2 rings (SSSR count). The van der Waals surface area contributed by atoms with Crippen LogP contribution in [0.15, 0.2) is 12.4 Å². The van der Waals surface area contributed by atoms with Crippen molar-refractivity contribution in [1.82, 2.24) is 24.8 Å². The molecule has 0 aromatic carbocycles. The molecular formula is C16H25N5OS. The van der Waals surface area contributed by atoms with Crippen LogP contribution in [0.25, 0.3) is 0 Å². The van der Waals surface area contributed by atoms with Gasteiger partial charge in [-0.15, -0.1) is 11.3 Å². The Kier molecular flexibility index (Phi) is 5.41. The summed E-state index contributed by atoms with van der Waals surface area (Å²) < 4.78 is 1.89. The molecule has 0 spiro atoms. The Morgan fingerprint density at radius 3 is 2.65 bits per heavy atom. The molecule has 0 unspecified atom stereocenters. The molecule has 1 N–H and O–H groups in total. The minimum Gasteiger partial charge on any atom is -0.337 e. The van der Waals surface area contributed by atoms with Gasteiger partial charge in [-0.3, -0.25) is 0 Å². The molecule has 7 heteroatoms. The van der Waals surface area contributed by atoms with Gasteiger partial charge in [0, 0.05) is 37.3 Å². The first-order chi connectivity index (χ1) is 10.8. The fourth-order valence-corrected chi connectivity index (χ4v) is 3.43. The molecule has 2 amide bonds. The Labute approximate surface area is 141 Å². The van der Waals surface area contributed by atoms with Crippen molar-refractivity contribution in [3.8, 4) is 0 Å². The molecule has 2 aromatic heterocycles. The van der Waals surface area contributed by atoms with Gasteiger partial charge < -0.3 is 14.8 Å². The molecule has 0 fully saturated rings. The second-order valence-electron chi connectivity index (χ2n) is 6.06. The third kappa shape index (κ3) is 3.90. The molecule has 0 aliphatic carbocycles. The number of rotatable bonds is 5. The van der Waals surface area contributed by atoms with Crippen LogP contribution in [0.3, 0.4) is 0 Å². The highest BCUT2D eigenvalue weighted by Gasteiger charge is 2.22. The number of hydrogen-bond acceptors (Lipinski definition) is 4. The minimum absolute atomic E-state index is 0.0126. The first kappa shape index (κ1) is 17.5. The van der Waals surface area contributed by atoms with Crippen LogP contribution < -0.4 is 5.32 Å². The van der Waals surface area contributed by atoms with E-state index in [1.165, 1.54) is 0 Å². The van der Waals surface area contributed by atoms with Gasteiger partial charge in [0.15, 0.2) is 0 Å². The monoisotopic (exact) mass is 335 g/mol. The Bertz CT molecular complexity index is 676. The summed E-state index contributed by atoms with van der Waals surface area (Å²) in [5.41, 5.74) is 1.01. The number of carbonyl (C=O) groups excluding carboxylic acids is 1. The van der Waals surface area contributed by atoms with Crippen molar-refractivity contribution in [2.75, 3.05) is 7.05 Å². The highest BCUT2D eigenvalue weighted by molar-refractivity contribution is 7.11. The first-order valence-corrected chi connectivity index (χ1v) is 8.57. The average Bonchev–Trinajstić information content (AvgIpc) is 3.09. The lowest BCUT2D eigenvalue weighted by Crippen LogP contribution is -2.38. The van der Waals surface area contributed by atoms with E-state index in [4.69, 9.17) is 0 Å². The van der Waals surface area contributed by atoms with Crippen molar-refractivity contribution in [2.24, 2.45) is 7.05 Å². The van der Waals surface area contributed by atoms with Crippen LogP contribution in [-0.2, 0) is 13.6 Å². The Hall–Kier alpha value is -1.89. The van der Waals surface area contributed by atoms with Gasteiger partial charge in [0.1, 0.15) is 5.82 Å². The maximum absolute atomic E-state index is 12.4. The van der Waals surface area contributed by atoms with E-state index < -0.39 is 0 Å². The first-order valence-electron chi connectivity index (χ1n) is 7.75. The normalized spacial score (nSPS) is 12.5. The molecule has 0 saturated heterocycles. The van der Waals surface area contributed by atoms with Crippen molar-refractivity contribution in [3.05, 3.63) is 33.8 Å². The van der Waals surface area contributed by atoms with Crippen LogP contribution >= 0.6 is 11.3 Å². The van der Waals surface area contributed by atoms with Gasteiger partial charge in [0.2, 0.25) is 0 Å². The maximum atomic E-state index is 12.4. The Balaban J connectivity index is 2.02. The van der Waals surface area contributed by atoms with Crippen LogP contribution in [0, 0.1) is 6.92 Å². The lowest BCUT2D eigenvalue weighted by molar-refractivity contribution is 0.194. The van der Waals surface area contributed by atoms with Gasteiger partial charge in [-0.1, -0.05) is 13.8 Å². The molecule has 6 nitrogen and oxygen atoms in total. The number of imidazole rings is 1. The van der Waals surface area contributed by atoms with E-state index in [0.29, 0.717) is 12.5 Å². The maximum Gasteiger partial charge on any atom is 0.318 e. The summed E-state index contributed by atoms with van der Waals surface area (Å²) in [6.07, 6.45) is 3.59. The lowest BCUT2D eigenvalue weighted by Gasteiger charge is -2.24. The molecule has 1 atom stereocenters. The largest absolute Gasteiger partial charge is 0.337 e. The summed E-state index contributed by atoms with van der Waals surface area (Å²) in [7, 11) is 3.72. The summed E-state index contributed by atoms with van der Waals surface area (Å²) in [4.78, 5) is 24.1. The van der Waals surface area contributed by atoms with E-state index in [0.717, 1.165) is 21.4 Å². The van der Waals surface area contributed by atoms with Gasteiger partial charge in [-0.25, -0.2) is 14.8 Å². The van der Waals surface area contributed by atoms with Crippen molar-refractivity contribution in [2.45, 2.75) is 46.2 Å². The molecule has 0 radical (unpaired) electrons. The molecule has 2 aromatic rings. The number of thiazole rings is 1. The molecule has 126 valence electrons. The molecule has 0 bridgehead atoms. The molecule has 0 aliphatic rings. The van der Waals surface area contributed by atoms with Gasteiger partial charge in [0.25, 0.3) is 0 Å². The summed E-state index contributed by atoms with van der Waals surface area (Å²) in [6, 6.07) is -0.124. The summed E-state index contributed by atoms with van der Waals surface area (Å²) in [5.74, 6) is 1.23. The average molecular weight is 335 g/mol. The highest BCUT2D eigenvalue weighted by atomic mass is 32.1. The number of urea groups is 1. The molecule has 0 aliphatic heterocycles. The predicted octanol–water partition coefficient (Wildman–Crippen LogP) is 3.21. The fraction of sp³-hybridized carbons (Fsp3) is 0.562. The van der Waals surface area contributed by atoms with Crippen molar-refractivity contribution in [1.29, 1.82) is 0 Å². The Morgan fingerprint density at radius 2 is 2.13 bits per heavy atom. The predicted molar refractivity (Wildman–Crippen MR) is 92.6 cm³/mol. The van der Waals surface area contributed by atoms with Gasteiger partial charge in [-0.05, 0) is 13.8 Å². The molecule has 0 saturated carbocycles. The van der Waals surface area contributed by atoms with Crippen LogP contribution in [0.2, 0.25) is 0 Å². The summed E-state index contributed by atoms with van der Waals surface area (Å²) in [5, 5.41) is 4.03. The van der Waals surface area contributed by atoms with Crippen molar-refractivity contribution >= 4 is 17.4 Å². The van der Waals surface area contributed by atoms with Crippen LogP contribution in [0.5, 0.6) is 0 Å². The van der Waals surface area contributed by atoms with E-state index in [-0.39, 0.29) is 12.1 Å². The zero-order chi connectivity index (χ0) is 17.1. The van der Waals surface area contributed by atoms with Gasteiger partial charge >= 0.3 is 6.03 Å². The number of aryl methyl sites for hydroxylation is 2. The quantitative estimate of drug-likeness (QED) is 0.912. The zero-order valence-electron chi connectivity index (χ0n) is 14.6. The second kappa shape index (κ2) is 7.12. The van der Waals surface area contributed by atoms with Crippen LogP contribution in [0.1, 0.15) is 54.1 Å². The summed E-state index contributed by atoms with van der Waals surface area (Å²) >= 11 is 1.69. The van der Waals surface area contributed by atoms with Crippen molar-refractivity contribution < 1.29 is 4.79 Å². The second-order valence-corrected chi connectivity index (χ2v) is 7.12. The van der Waals surface area contributed by atoms with E-state index in [1.807, 2.05) is 38.7 Å². The number of hydrogen-bond donors (Lipinski definition) is 1. The summed E-state index contributed by atoms with van der Waals surface area (Å²) in [6.45, 7) is 8.73. The molecule has 2 heterocycles.